The van der Waals surface area contributed by atoms with Gasteiger partial charge >= 0.3 is 0 Å². The number of halogens is 1. The molecule has 1 N–H and O–H groups in total. The maximum absolute atomic E-state index is 5.36. The number of benzene rings is 1. The fraction of sp³-hybridized carbons (Fsp3) is 0.600. The van der Waals surface area contributed by atoms with Gasteiger partial charge in [-0.25, -0.2) is 0 Å². The van der Waals surface area contributed by atoms with Gasteiger partial charge in [-0.2, -0.15) is 0 Å². The molecule has 0 spiro atoms. The van der Waals surface area contributed by atoms with Crippen LogP contribution in [0.4, 0.5) is 0 Å². The Balaban J connectivity index is 0.00000324. The molecule has 1 aromatic rings. The van der Waals surface area contributed by atoms with Gasteiger partial charge in [-0.1, -0.05) is 32.3 Å². The molecule has 0 saturated heterocycles. The van der Waals surface area contributed by atoms with Crippen LogP contribution in [0.25, 0.3) is 0 Å². The molecule has 1 aromatic carbocycles. The number of hydrogen-bond donors (Lipinski definition) is 1. The largest absolute Gasteiger partial charge is 0.497 e. The van der Waals surface area contributed by atoms with Crippen LogP contribution >= 0.6 is 12.4 Å². The maximum Gasteiger partial charge on any atom is 0.127 e. The monoisotopic (exact) mass is 287 g/mol. The van der Waals surface area contributed by atoms with Crippen molar-refractivity contribution < 1.29 is 9.47 Å². The van der Waals surface area contributed by atoms with Gasteiger partial charge in [0.15, 0.2) is 0 Å². The van der Waals surface area contributed by atoms with Crippen molar-refractivity contribution >= 4 is 12.4 Å². The molecule has 0 fully saturated rings. The van der Waals surface area contributed by atoms with Crippen molar-refractivity contribution in [2.24, 2.45) is 0 Å². The zero-order valence-corrected chi connectivity index (χ0v) is 13.0. The van der Waals surface area contributed by atoms with Gasteiger partial charge in [-0.05, 0) is 19.0 Å². The van der Waals surface area contributed by atoms with E-state index in [9.17, 15) is 0 Å². The van der Waals surface area contributed by atoms with E-state index in [0.717, 1.165) is 24.6 Å². The van der Waals surface area contributed by atoms with Gasteiger partial charge in [0.1, 0.15) is 11.5 Å². The van der Waals surface area contributed by atoms with Crippen molar-refractivity contribution in [3.63, 3.8) is 0 Å². The number of unbranched alkanes of at least 4 members (excludes halogenated alkanes) is 3. The third kappa shape index (κ3) is 6.69. The van der Waals surface area contributed by atoms with Crippen LogP contribution in [0.1, 0.15) is 38.2 Å². The highest BCUT2D eigenvalue weighted by molar-refractivity contribution is 5.85. The Morgan fingerprint density at radius 2 is 1.84 bits per heavy atom. The van der Waals surface area contributed by atoms with Crippen LogP contribution < -0.4 is 14.8 Å². The van der Waals surface area contributed by atoms with Crippen LogP contribution in [0.2, 0.25) is 0 Å². The minimum atomic E-state index is 0. The third-order valence-corrected chi connectivity index (χ3v) is 3.02. The molecular weight excluding hydrogens is 262 g/mol. The van der Waals surface area contributed by atoms with Gasteiger partial charge < -0.3 is 14.8 Å². The lowest BCUT2D eigenvalue weighted by atomic mass is 10.1. The normalized spacial score (nSPS) is 9.84. The molecular formula is C15H26ClNO2. The average molecular weight is 288 g/mol. The molecule has 0 aromatic heterocycles. The Labute approximate surface area is 123 Å². The lowest BCUT2D eigenvalue weighted by Crippen LogP contribution is -2.15. The van der Waals surface area contributed by atoms with Crippen molar-refractivity contribution in [3.05, 3.63) is 23.8 Å². The first-order chi connectivity index (χ1) is 8.81. The summed E-state index contributed by atoms with van der Waals surface area (Å²) < 4.78 is 10.5. The van der Waals surface area contributed by atoms with Crippen molar-refractivity contribution in [1.29, 1.82) is 0 Å². The smallest absolute Gasteiger partial charge is 0.127 e. The Bertz CT molecular complexity index is 345. The van der Waals surface area contributed by atoms with Gasteiger partial charge in [0.05, 0.1) is 14.2 Å². The van der Waals surface area contributed by atoms with Gasteiger partial charge in [-0.3, -0.25) is 0 Å². The summed E-state index contributed by atoms with van der Waals surface area (Å²) in [6.07, 6.45) is 5.16. The number of rotatable bonds is 9. The Morgan fingerprint density at radius 3 is 2.47 bits per heavy atom. The van der Waals surface area contributed by atoms with Crippen LogP contribution in [0.5, 0.6) is 11.5 Å². The van der Waals surface area contributed by atoms with Crippen molar-refractivity contribution in [1.82, 2.24) is 5.32 Å². The standard InChI is InChI=1S/C15H25NO2.ClH/c1-4-5-6-7-10-16-12-13-8-9-14(17-2)11-15(13)18-3;/h8-9,11,16H,4-7,10,12H2,1-3H3;1H. The van der Waals surface area contributed by atoms with E-state index in [1.54, 1.807) is 14.2 Å². The third-order valence-electron chi connectivity index (χ3n) is 3.02. The van der Waals surface area contributed by atoms with Crippen LogP contribution in [0.3, 0.4) is 0 Å². The minimum Gasteiger partial charge on any atom is -0.497 e. The van der Waals surface area contributed by atoms with E-state index in [0.29, 0.717) is 0 Å². The van der Waals surface area contributed by atoms with Crippen LogP contribution in [-0.4, -0.2) is 20.8 Å². The predicted molar refractivity (Wildman–Crippen MR) is 82.6 cm³/mol. The van der Waals surface area contributed by atoms with E-state index in [-0.39, 0.29) is 12.4 Å². The van der Waals surface area contributed by atoms with E-state index in [1.165, 1.54) is 31.2 Å². The maximum atomic E-state index is 5.36. The minimum absolute atomic E-state index is 0. The van der Waals surface area contributed by atoms with Crippen LogP contribution in [-0.2, 0) is 6.54 Å². The number of ether oxygens (including phenoxy) is 2. The van der Waals surface area contributed by atoms with E-state index in [4.69, 9.17) is 9.47 Å². The second-order valence-electron chi connectivity index (χ2n) is 4.42. The molecule has 4 heteroatoms. The summed E-state index contributed by atoms with van der Waals surface area (Å²) in [7, 11) is 3.36. The average Bonchev–Trinajstić information content (AvgIpc) is 2.42. The van der Waals surface area contributed by atoms with Gasteiger partial charge in [0.25, 0.3) is 0 Å². The lowest BCUT2D eigenvalue weighted by molar-refractivity contribution is 0.389. The summed E-state index contributed by atoms with van der Waals surface area (Å²) in [5.74, 6) is 1.72. The molecule has 0 aliphatic heterocycles. The molecule has 0 unspecified atom stereocenters. The van der Waals surface area contributed by atoms with Gasteiger partial charge in [0, 0.05) is 18.2 Å². The van der Waals surface area contributed by atoms with Crippen molar-refractivity contribution in [3.8, 4) is 11.5 Å². The first-order valence-corrected chi connectivity index (χ1v) is 6.73. The van der Waals surface area contributed by atoms with Crippen molar-refractivity contribution in [2.45, 2.75) is 39.2 Å². The summed E-state index contributed by atoms with van der Waals surface area (Å²) >= 11 is 0. The molecule has 19 heavy (non-hydrogen) atoms. The first kappa shape index (κ1) is 18.1. The van der Waals surface area contributed by atoms with Crippen LogP contribution in [0.15, 0.2) is 18.2 Å². The first-order valence-electron chi connectivity index (χ1n) is 6.73. The SMILES string of the molecule is CCCCCCNCc1ccc(OC)cc1OC.Cl. The Morgan fingerprint density at radius 1 is 1.05 bits per heavy atom. The highest BCUT2D eigenvalue weighted by atomic mass is 35.5. The highest BCUT2D eigenvalue weighted by Gasteiger charge is 2.04. The van der Waals surface area contributed by atoms with Crippen molar-refractivity contribution in [2.75, 3.05) is 20.8 Å². The predicted octanol–water partition coefficient (Wildman–Crippen LogP) is 3.80. The number of hydrogen-bond acceptors (Lipinski definition) is 3. The lowest BCUT2D eigenvalue weighted by Gasteiger charge is -2.11. The summed E-state index contributed by atoms with van der Waals surface area (Å²) in [5.41, 5.74) is 1.17. The Kier molecular flexibility index (Phi) is 10.4. The number of nitrogens with one attached hydrogen (secondary N) is 1. The molecule has 0 aliphatic rings. The van der Waals surface area contributed by atoms with Gasteiger partial charge in [0.2, 0.25) is 0 Å². The van der Waals surface area contributed by atoms with E-state index < -0.39 is 0 Å². The zero-order valence-electron chi connectivity index (χ0n) is 12.2. The summed E-state index contributed by atoms with van der Waals surface area (Å²) in [6, 6.07) is 5.95. The molecule has 0 saturated carbocycles. The quantitative estimate of drug-likeness (QED) is 0.701. The van der Waals surface area contributed by atoms with E-state index in [2.05, 4.69) is 18.3 Å². The zero-order chi connectivity index (χ0) is 13.2. The van der Waals surface area contributed by atoms with E-state index >= 15 is 0 Å². The molecule has 0 heterocycles. The van der Waals surface area contributed by atoms with Crippen LogP contribution in [0, 0.1) is 0 Å². The Hall–Kier alpha value is -0.930. The number of methoxy groups -OCH3 is 2. The molecule has 0 amide bonds. The summed E-state index contributed by atoms with van der Waals surface area (Å²) in [5, 5.41) is 3.45. The van der Waals surface area contributed by atoms with Gasteiger partial charge in [-0.15, -0.1) is 12.4 Å². The summed E-state index contributed by atoms with van der Waals surface area (Å²) in [6.45, 7) is 4.14. The second-order valence-corrected chi connectivity index (χ2v) is 4.42. The molecule has 0 aliphatic carbocycles. The molecule has 0 radical (unpaired) electrons. The molecule has 0 atom stereocenters. The fourth-order valence-corrected chi connectivity index (χ4v) is 1.90. The second kappa shape index (κ2) is 10.9. The van der Waals surface area contributed by atoms with E-state index in [1.807, 2.05) is 12.1 Å². The highest BCUT2D eigenvalue weighted by Crippen LogP contribution is 2.24. The topological polar surface area (TPSA) is 30.5 Å². The fourth-order valence-electron chi connectivity index (χ4n) is 1.90. The summed E-state index contributed by atoms with van der Waals surface area (Å²) in [4.78, 5) is 0. The molecule has 3 nitrogen and oxygen atoms in total. The molecule has 1 rings (SSSR count). The molecule has 0 bridgehead atoms. The molecule has 110 valence electrons.